The minimum absolute atomic E-state index is 0.176. The molecule has 3 aromatic heterocycles. The predicted octanol–water partition coefficient (Wildman–Crippen LogP) is 2.29. The van der Waals surface area contributed by atoms with Crippen LogP contribution in [0.1, 0.15) is 6.92 Å². The van der Waals surface area contributed by atoms with Crippen LogP contribution in [0, 0.1) is 5.41 Å². The Morgan fingerprint density at radius 3 is 2.63 bits per heavy atom. The number of anilines is 1. The van der Waals surface area contributed by atoms with Gasteiger partial charge in [-0.15, -0.1) is 0 Å². The molecule has 4 rings (SSSR count). The normalized spacial score (nSPS) is 15.9. The van der Waals surface area contributed by atoms with E-state index in [0.717, 1.165) is 5.69 Å². The van der Waals surface area contributed by atoms with Crippen LogP contribution in [0.15, 0.2) is 24.7 Å². The summed E-state index contributed by atoms with van der Waals surface area (Å²) in [5, 5.41) is 4.52. The maximum absolute atomic E-state index is 13.2. The molecular weight excluding hydrogens is 358 g/mol. The average Bonchev–Trinajstić information content (AvgIpc) is 3.12. The smallest absolute Gasteiger partial charge is 0.319 e. The van der Waals surface area contributed by atoms with Crippen molar-refractivity contribution in [1.82, 2.24) is 24.6 Å². The molecule has 0 aromatic carbocycles. The zero-order valence-corrected chi connectivity index (χ0v) is 15.1. The Kier molecular flexibility index (Phi) is 4.05. The fourth-order valence-electron chi connectivity index (χ4n) is 3.18. The van der Waals surface area contributed by atoms with Crippen molar-refractivity contribution < 1.29 is 18.3 Å². The van der Waals surface area contributed by atoms with Crippen LogP contribution in [-0.4, -0.2) is 58.3 Å². The van der Waals surface area contributed by atoms with E-state index in [0.29, 0.717) is 22.8 Å². The fourth-order valence-corrected chi connectivity index (χ4v) is 3.18. The number of hydrogen-bond donors (Lipinski definition) is 0. The summed E-state index contributed by atoms with van der Waals surface area (Å²) in [6, 6.07) is 1.97. The van der Waals surface area contributed by atoms with Crippen LogP contribution < -0.4 is 14.4 Å². The molecule has 0 bridgehead atoms. The van der Waals surface area contributed by atoms with Crippen molar-refractivity contribution in [3.8, 4) is 23.1 Å². The van der Waals surface area contributed by atoms with Gasteiger partial charge in [-0.2, -0.15) is 10.1 Å². The SMILES string of the molecule is COc1ncc(-c2cc(N3CC(C)(C(F)F)C3)c3nccn3n2)c(OC)n1. The van der Waals surface area contributed by atoms with Gasteiger partial charge in [0.15, 0.2) is 5.65 Å². The average molecular weight is 376 g/mol. The number of aromatic nitrogens is 5. The highest BCUT2D eigenvalue weighted by Crippen LogP contribution is 2.41. The second kappa shape index (κ2) is 6.29. The molecule has 4 heterocycles. The molecule has 0 saturated carbocycles. The molecule has 27 heavy (non-hydrogen) atoms. The van der Waals surface area contributed by atoms with E-state index in [1.807, 2.05) is 4.90 Å². The third kappa shape index (κ3) is 2.81. The molecule has 0 radical (unpaired) electrons. The molecule has 1 saturated heterocycles. The summed E-state index contributed by atoms with van der Waals surface area (Å²) in [5.41, 5.74) is 1.41. The van der Waals surface area contributed by atoms with Crippen molar-refractivity contribution in [2.75, 3.05) is 32.2 Å². The molecule has 10 heteroatoms. The Morgan fingerprint density at radius 2 is 1.96 bits per heavy atom. The molecule has 142 valence electrons. The molecule has 0 amide bonds. The van der Waals surface area contributed by atoms with E-state index >= 15 is 0 Å². The van der Waals surface area contributed by atoms with Crippen LogP contribution in [0.25, 0.3) is 16.9 Å². The van der Waals surface area contributed by atoms with E-state index in [-0.39, 0.29) is 19.1 Å². The summed E-state index contributed by atoms with van der Waals surface area (Å²) in [6.45, 7) is 2.07. The Labute approximate surface area is 153 Å². The minimum atomic E-state index is -2.37. The quantitative estimate of drug-likeness (QED) is 0.676. The first-order chi connectivity index (χ1) is 12.9. The van der Waals surface area contributed by atoms with Gasteiger partial charge in [-0.1, -0.05) is 6.92 Å². The second-order valence-corrected chi connectivity index (χ2v) is 6.70. The van der Waals surface area contributed by atoms with E-state index in [2.05, 4.69) is 20.1 Å². The highest BCUT2D eigenvalue weighted by molar-refractivity contribution is 5.76. The van der Waals surface area contributed by atoms with Gasteiger partial charge in [0.2, 0.25) is 12.3 Å². The van der Waals surface area contributed by atoms with Crippen LogP contribution in [0.3, 0.4) is 0 Å². The zero-order chi connectivity index (χ0) is 19.2. The lowest BCUT2D eigenvalue weighted by Gasteiger charge is -2.48. The lowest BCUT2D eigenvalue weighted by atomic mass is 9.82. The molecule has 0 N–H and O–H groups in total. The maximum Gasteiger partial charge on any atom is 0.319 e. The molecule has 1 fully saturated rings. The van der Waals surface area contributed by atoms with Crippen LogP contribution in [-0.2, 0) is 0 Å². The van der Waals surface area contributed by atoms with Crippen LogP contribution >= 0.6 is 0 Å². The van der Waals surface area contributed by atoms with Gasteiger partial charge in [-0.05, 0) is 6.07 Å². The minimum Gasteiger partial charge on any atom is -0.480 e. The molecule has 1 aliphatic heterocycles. The van der Waals surface area contributed by atoms with Gasteiger partial charge in [-0.3, -0.25) is 0 Å². The van der Waals surface area contributed by atoms with E-state index in [9.17, 15) is 8.78 Å². The molecule has 8 nitrogen and oxygen atoms in total. The number of nitrogens with zero attached hydrogens (tertiary/aromatic N) is 6. The van der Waals surface area contributed by atoms with Gasteiger partial charge in [0.1, 0.15) is 5.69 Å². The van der Waals surface area contributed by atoms with E-state index < -0.39 is 11.8 Å². The standard InChI is InChI=1S/C17H18F2N6O2/c1-17(15(18)19)8-24(9-17)12-6-11(23-25-5-4-20-13(12)25)10-7-21-16(27-3)22-14(10)26-2/h4-7,15H,8-9H2,1-3H3. The topological polar surface area (TPSA) is 77.7 Å². The van der Waals surface area contributed by atoms with Gasteiger partial charge >= 0.3 is 6.01 Å². The van der Waals surface area contributed by atoms with Crippen molar-refractivity contribution in [1.29, 1.82) is 0 Å². The number of ether oxygens (including phenoxy) is 2. The Morgan fingerprint density at radius 1 is 1.19 bits per heavy atom. The molecular formula is C17H18F2N6O2. The Balaban J connectivity index is 1.78. The summed E-state index contributed by atoms with van der Waals surface area (Å²) in [6.07, 6.45) is 2.49. The zero-order valence-electron chi connectivity index (χ0n) is 15.1. The number of imidazole rings is 1. The van der Waals surface area contributed by atoms with Crippen LogP contribution in [0.5, 0.6) is 11.9 Å². The number of alkyl halides is 2. The van der Waals surface area contributed by atoms with Gasteiger partial charge < -0.3 is 14.4 Å². The summed E-state index contributed by atoms with van der Waals surface area (Å²) < 4.78 is 38.4. The second-order valence-electron chi connectivity index (χ2n) is 6.70. The highest BCUT2D eigenvalue weighted by atomic mass is 19.3. The van der Waals surface area contributed by atoms with Gasteiger partial charge in [0.05, 0.1) is 30.9 Å². The first kappa shape index (κ1) is 17.4. The third-order valence-electron chi connectivity index (χ3n) is 4.69. The van der Waals surface area contributed by atoms with Crippen LogP contribution in [0.4, 0.5) is 14.5 Å². The molecule has 0 atom stereocenters. The monoisotopic (exact) mass is 376 g/mol. The summed E-state index contributed by atoms with van der Waals surface area (Å²) in [7, 11) is 2.96. The van der Waals surface area contributed by atoms with E-state index in [1.165, 1.54) is 14.2 Å². The van der Waals surface area contributed by atoms with Crippen LogP contribution in [0.2, 0.25) is 0 Å². The number of hydrogen-bond acceptors (Lipinski definition) is 7. The summed E-state index contributed by atoms with van der Waals surface area (Å²) in [5.74, 6) is 0.306. The van der Waals surface area contributed by atoms with Crippen molar-refractivity contribution >= 4 is 11.3 Å². The number of halogens is 2. The number of fused-ring (bicyclic) bond motifs is 1. The first-order valence-corrected chi connectivity index (χ1v) is 8.28. The van der Waals surface area contributed by atoms with Crippen molar-refractivity contribution in [3.63, 3.8) is 0 Å². The maximum atomic E-state index is 13.2. The number of rotatable bonds is 5. The molecule has 0 spiro atoms. The summed E-state index contributed by atoms with van der Waals surface area (Å²) >= 11 is 0. The molecule has 0 unspecified atom stereocenters. The first-order valence-electron chi connectivity index (χ1n) is 8.28. The third-order valence-corrected chi connectivity index (χ3v) is 4.69. The Bertz CT molecular complexity index is 987. The molecule has 1 aliphatic rings. The summed E-state index contributed by atoms with van der Waals surface area (Å²) in [4.78, 5) is 14.5. The van der Waals surface area contributed by atoms with E-state index in [4.69, 9.17) is 9.47 Å². The van der Waals surface area contributed by atoms with Crippen molar-refractivity contribution in [3.05, 3.63) is 24.7 Å². The van der Waals surface area contributed by atoms with E-state index in [1.54, 1.807) is 36.1 Å². The lowest BCUT2D eigenvalue weighted by molar-refractivity contribution is -0.0120. The largest absolute Gasteiger partial charge is 0.480 e. The molecule has 0 aliphatic carbocycles. The van der Waals surface area contributed by atoms with Crippen molar-refractivity contribution in [2.24, 2.45) is 5.41 Å². The molecule has 3 aromatic rings. The highest BCUT2D eigenvalue weighted by Gasteiger charge is 2.47. The van der Waals surface area contributed by atoms with Gasteiger partial charge in [0, 0.05) is 31.7 Å². The predicted molar refractivity (Wildman–Crippen MR) is 93.4 cm³/mol. The lowest BCUT2D eigenvalue weighted by Crippen LogP contribution is -2.58. The van der Waals surface area contributed by atoms with Crippen molar-refractivity contribution in [2.45, 2.75) is 13.3 Å². The van der Waals surface area contributed by atoms with Gasteiger partial charge in [-0.25, -0.2) is 23.3 Å². The Hall–Kier alpha value is -3.04. The fraction of sp³-hybridized carbons (Fsp3) is 0.412. The number of methoxy groups -OCH3 is 2. The van der Waals surface area contributed by atoms with Gasteiger partial charge in [0.25, 0.3) is 0 Å².